The van der Waals surface area contributed by atoms with Crippen molar-refractivity contribution in [2.75, 3.05) is 0 Å². The molecule has 0 atom stereocenters. The van der Waals surface area contributed by atoms with Crippen LogP contribution in [0, 0.1) is 10.6 Å². The molecule has 2 aromatic carbocycles. The second-order valence-electron chi connectivity index (χ2n) is 5.41. The summed E-state index contributed by atoms with van der Waals surface area (Å²) in [4.78, 5) is 0.00366. The average molecular weight is 579 g/mol. The molecule has 0 amide bonds. The summed E-state index contributed by atoms with van der Waals surface area (Å²) in [7, 11) is -4.07. The zero-order chi connectivity index (χ0) is 19.3. The minimum absolute atomic E-state index is 0.00366. The second-order valence-corrected chi connectivity index (χ2v) is 10.9. The Bertz CT molecular complexity index is 1100. The van der Waals surface area contributed by atoms with Crippen LogP contribution in [-0.2, 0) is 10.0 Å². The molecule has 0 aliphatic carbocycles. The standard InChI is InChI=1S/C16H10ClF3INO2SSe/c1-9-2-5-11(6-3-9)25(23,24)22-13-8-10(17)4-7-12(13)14(15(22)21)26-16(18,19)20/h2-8H,1H3. The predicted octanol–water partition coefficient (Wildman–Crippen LogP) is 4.29. The predicted molar refractivity (Wildman–Crippen MR) is 105 cm³/mol. The van der Waals surface area contributed by atoms with Gasteiger partial charge in [0.25, 0.3) is 0 Å². The van der Waals surface area contributed by atoms with E-state index < -0.39 is 30.1 Å². The normalized spacial score (nSPS) is 12.7. The van der Waals surface area contributed by atoms with Crippen molar-refractivity contribution in [2.45, 2.75) is 16.9 Å². The van der Waals surface area contributed by atoms with Crippen LogP contribution in [0.15, 0.2) is 47.4 Å². The monoisotopic (exact) mass is 579 g/mol. The first-order valence-electron chi connectivity index (χ1n) is 7.08. The van der Waals surface area contributed by atoms with Crippen molar-refractivity contribution in [1.82, 2.24) is 3.97 Å². The van der Waals surface area contributed by atoms with E-state index in [1.807, 2.05) is 6.92 Å². The molecule has 0 N–H and O–H groups in total. The van der Waals surface area contributed by atoms with E-state index in [0.717, 1.165) is 9.54 Å². The van der Waals surface area contributed by atoms with Gasteiger partial charge in [0, 0.05) is 0 Å². The van der Waals surface area contributed by atoms with E-state index in [1.165, 1.54) is 30.3 Å². The topological polar surface area (TPSA) is 39.1 Å². The van der Waals surface area contributed by atoms with Crippen LogP contribution in [0.25, 0.3) is 10.9 Å². The summed E-state index contributed by atoms with van der Waals surface area (Å²) in [5.41, 5.74) is 1.02. The summed E-state index contributed by atoms with van der Waals surface area (Å²) in [6.45, 7) is 1.81. The molecule has 1 aromatic heterocycles. The van der Waals surface area contributed by atoms with Gasteiger partial charge >= 0.3 is 174 Å². The Morgan fingerprint density at radius 2 is 1.73 bits per heavy atom. The van der Waals surface area contributed by atoms with Gasteiger partial charge in [-0.1, -0.05) is 0 Å². The number of alkyl halides is 3. The van der Waals surface area contributed by atoms with Crippen molar-refractivity contribution in [3.05, 3.63) is 56.8 Å². The number of aryl methyl sites for hydroxylation is 1. The van der Waals surface area contributed by atoms with Crippen LogP contribution in [0.1, 0.15) is 5.56 Å². The molecule has 0 bridgehead atoms. The molecule has 0 unspecified atom stereocenters. The molecule has 1 heterocycles. The number of fused-ring (bicyclic) bond motifs is 1. The molecule has 138 valence electrons. The Labute approximate surface area is 172 Å². The Morgan fingerprint density at radius 3 is 2.31 bits per heavy atom. The third-order valence-corrected chi connectivity index (χ3v) is 9.48. The molecule has 0 radical (unpaired) electrons. The third kappa shape index (κ3) is 3.77. The summed E-state index contributed by atoms with van der Waals surface area (Å²) < 4.78 is 66.3. The fraction of sp³-hybridized carbons (Fsp3) is 0.125. The zero-order valence-corrected chi connectivity index (χ0v) is 18.5. The van der Waals surface area contributed by atoms with Crippen LogP contribution in [-0.4, -0.2) is 32.4 Å². The van der Waals surface area contributed by atoms with Gasteiger partial charge in [-0.25, -0.2) is 0 Å². The van der Waals surface area contributed by atoms with E-state index >= 15 is 0 Å². The molecule has 0 fully saturated rings. The summed E-state index contributed by atoms with van der Waals surface area (Å²) in [6, 6.07) is 10.4. The third-order valence-electron chi connectivity index (χ3n) is 3.57. The molecule has 3 rings (SSSR count). The van der Waals surface area contributed by atoms with Crippen molar-refractivity contribution in [3.63, 3.8) is 0 Å². The second kappa shape index (κ2) is 7.01. The summed E-state index contributed by atoms with van der Waals surface area (Å²) in [5.74, 6) is 0. The number of rotatable bonds is 3. The van der Waals surface area contributed by atoms with Gasteiger partial charge in [0.1, 0.15) is 0 Å². The first kappa shape index (κ1) is 20.0. The van der Waals surface area contributed by atoms with Crippen molar-refractivity contribution < 1.29 is 21.6 Å². The van der Waals surface area contributed by atoms with Crippen LogP contribution in [0.5, 0.6) is 0 Å². The van der Waals surface area contributed by atoms with Gasteiger partial charge in [0.15, 0.2) is 0 Å². The van der Waals surface area contributed by atoms with Gasteiger partial charge < -0.3 is 0 Å². The average Bonchev–Trinajstić information content (AvgIpc) is 2.78. The first-order chi connectivity index (χ1) is 12.0. The van der Waals surface area contributed by atoms with E-state index in [9.17, 15) is 21.6 Å². The molecule has 3 aromatic rings. The van der Waals surface area contributed by atoms with Crippen LogP contribution >= 0.6 is 34.2 Å². The van der Waals surface area contributed by atoms with Crippen LogP contribution in [0.3, 0.4) is 0 Å². The Balaban J connectivity index is 2.33. The first-order valence-corrected chi connectivity index (χ1v) is 11.7. The van der Waals surface area contributed by atoms with Crippen LogP contribution < -0.4 is 4.46 Å². The van der Waals surface area contributed by atoms with E-state index in [1.54, 1.807) is 34.7 Å². The maximum atomic E-state index is 13.1. The van der Waals surface area contributed by atoms with Gasteiger partial charge in [0.2, 0.25) is 0 Å². The molecule has 0 aliphatic rings. The van der Waals surface area contributed by atoms with Crippen LogP contribution in [0.4, 0.5) is 13.2 Å². The van der Waals surface area contributed by atoms with E-state index in [4.69, 9.17) is 11.6 Å². The van der Waals surface area contributed by atoms with Crippen molar-refractivity contribution >= 4 is 74.5 Å². The molecular weight excluding hydrogens is 569 g/mol. The quantitative estimate of drug-likeness (QED) is 0.344. The van der Waals surface area contributed by atoms with E-state index in [-0.39, 0.29) is 29.0 Å². The van der Waals surface area contributed by atoms with Crippen molar-refractivity contribution in [2.24, 2.45) is 0 Å². The maximum absolute atomic E-state index is 13.1. The molecule has 0 saturated heterocycles. The van der Waals surface area contributed by atoms with Gasteiger partial charge in [-0.15, -0.1) is 0 Å². The summed E-state index contributed by atoms with van der Waals surface area (Å²) in [6.07, 6.45) is 0. The molecular formula is C16H10ClF3INO2SSe. The summed E-state index contributed by atoms with van der Waals surface area (Å²) >= 11 is 5.75. The number of hydrogen-bond acceptors (Lipinski definition) is 2. The molecule has 3 nitrogen and oxygen atoms in total. The van der Waals surface area contributed by atoms with Gasteiger partial charge in [0.05, 0.1) is 0 Å². The SMILES string of the molecule is Cc1ccc(S(=O)(=O)n2c(I)c([Se]C(F)(F)F)c3ccc(Cl)cc32)cc1. The van der Waals surface area contributed by atoms with Gasteiger partial charge in [-0.2, -0.15) is 0 Å². The number of nitrogens with zero attached hydrogens (tertiary/aromatic N) is 1. The fourth-order valence-electron chi connectivity index (χ4n) is 2.44. The van der Waals surface area contributed by atoms with Crippen LogP contribution in [0.2, 0.25) is 5.02 Å². The van der Waals surface area contributed by atoms with E-state index in [2.05, 4.69) is 0 Å². The molecule has 0 spiro atoms. The number of benzene rings is 2. The fourth-order valence-corrected chi connectivity index (χ4v) is 7.48. The molecule has 26 heavy (non-hydrogen) atoms. The minimum atomic E-state index is -4.40. The number of halogens is 5. The number of hydrogen-bond donors (Lipinski definition) is 0. The number of aromatic nitrogens is 1. The zero-order valence-electron chi connectivity index (χ0n) is 13.0. The van der Waals surface area contributed by atoms with E-state index in [0.29, 0.717) is 0 Å². The van der Waals surface area contributed by atoms with Crippen molar-refractivity contribution in [3.8, 4) is 0 Å². The molecule has 10 heteroatoms. The van der Waals surface area contributed by atoms with Crippen molar-refractivity contribution in [1.29, 1.82) is 0 Å². The Kier molecular flexibility index (Phi) is 5.40. The Hall–Kier alpha value is -0.741. The summed E-state index contributed by atoms with van der Waals surface area (Å²) in [5, 5.41) is -3.91. The molecule has 0 aliphatic heterocycles. The van der Waals surface area contributed by atoms with Gasteiger partial charge in [-0.05, 0) is 0 Å². The Morgan fingerprint density at radius 1 is 1.12 bits per heavy atom. The van der Waals surface area contributed by atoms with Gasteiger partial charge in [-0.3, -0.25) is 0 Å². The molecule has 0 saturated carbocycles.